The minimum atomic E-state index is -0.498. The van der Waals surface area contributed by atoms with Crippen LogP contribution in [-0.4, -0.2) is 19.7 Å². The van der Waals surface area contributed by atoms with Crippen LogP contribution < -0.4 is 0 Å². The molecule has 0 aliphatic carbocycles. The second kappa shape index (κ2) is 5.66. The Kier molecular flexibility index (Phi) is 4.16. The molecule has 0 aliphatic rings. The highest BCUT2D eigenvalue weighted by Crippen LogP contribution is 2.31. The summed E-state index contributed by atoms with van der Waals surface area (Å²) in [6.07, 6.45) is 4.42. The van der Waals surface area contributed by atoms with Gasteiger partial charge in [-0.25, -0.2) is 4.68 Å². The zero-order chi connectivity index (χ0) is 14.0. The molecule has 8 heteroatoms. The van der Waals surface area contributed by atoms with Crippen molar-refractivity contribution in [2.24, 2.45) is 0 Å². The molecule has 0 aliphatic heterocycles. The van der Waals surface area contributed by atoms with E-state index in [0.717, 1.165) is 10.9 Å². The van der Waals surface area contributed by atoms with Crippen molar-refractivity contribution in [1.29, 1.82) is 0 Å². The number of halogens is 2. The summed E-state index contributed by atoms with van der Waals surface area (Å²) in [5, 5.41) is 15.3. The van der Waals surface area contributed by atoms with Crippen LogP contribution >= 0.6 is 27.5 Å². The second-order valence-corrected chi connectivity index (χ2v) is 5.14. The first kappa shape index (κ1) is 14.0. The Morgan fingerprint density at radius 1 is 1.53 bits per heavy atom. The van der Waals surface area contributed by atoms with Gasteiger partial charge in [-0.05, 0) is 28.4 Å². The van der Waals surface area contributed by atoms with Gasteiger partial charge in [-0.3, -0.25) is 15.1 Å². The van der Waals surface area contributed by atoms with E-state index in [1.807, 2.05) is 6.92 Å². The van der Waals surface area contributed by atoms with Crippen LogP contribution in [0.15, 0.2) is 22.9 Å². The molecule has 0 unspecified atom stereocenters. The van der Waals surface area contributed by atoms with Crippen LogP contribution in [0.5, 0.6) is 0 Å². The van der Waals surface area contributed by atoms with Crippen LogP contribution in [0.1, 0.15) is 19.0 Å². The van der Waals surface area contributed by atoms with E-state index in [1.165, 1.54) is 4.68 Å². The lowest BCUT2D eigenvalue weighted by atomic mass is 10.2. The fraction of sp³-hybridized carbons (Fsp3) is 0.273. The van der Waals surface area contributed by atoms with Gasteiger partial charge in [0, 0.05) is 10.7 Å². The number of nitrogens with zero attached hydrogens (tertiary/aromatic N) is 4. The first-order valence-corrected chi connectivity index (χ1v) is 6.74. The van der Waals surface area contributed by atoms with Gasteiger partial charge in [0.15, 0.2) is 0 Å². The van der Waals surface area contributed by atoms with Gasteiger partial charge < -0.3 is 0 Å². The molecule has 0 radical (unpaired) electrons. The molecule has 2 rings (SSSR count). The Morgan fingerprint density at radius 2 is 2.26 bits per heavy atom. The molecule has 0 saturated carbocycles. The second-order valence-electron chi connectivity index (χ2n) is 3.87. The number of rotatable bonds is 4. The zero-order valence-corrected chi connectivity index (χ0v) is 12.3. The van der Waals surface area contributed by atoms with E-state index in [1.54, 1.807) is 18.5 Å². The number of nitro groups is 1. The maximum absolute atomic E-state index is 11.1. The summed E-state index contributed by atoms with van der Waals surface area (Å²) in [6, 6.07) is 1.74. The summed E-state index contributed by atoms with van der Waals surface area (Å²) < 4.78 is 2.08. The van der Waals surface area contributed by atoms with E-state index in [2.05, 4.69) is 26.0 Å². The first-order valence-electron chi connectivity index (χ1n) is 5.57. The van der Waals surface area contributed by atoms with Gasteiger partial charge in [0.25, 0.3) is 0 Å². The molecule has 0 bridgehead atoms. The lowest BCUT2D eigenvalue weighted by Gasteiger charge is -2.01. The molecule has 19 heavy (non-hydrogen) atoms. The molecule has 2 aromatic heterocycles. The molecule has 100 valence electrons. The molecule has 0 fully saturated rings. The van der Waals surface area contributed by atoms with E-state index in [4.69, 9.17) is 11.6 Å². The van der Waals surface area contributed by atoms with Crippen molar-refractivity contribution in [3.05, 3.63) is 43.9 Å². The van der Waals surface area contributed by atoms with Gasteiger partial charge in [0.1, 0.15) is 5.69 Å². The molecule has 2 heterocycles. The molecular weight excluding hydrogens is 336 g/mol. The Bertz CT molecular complexity index is 629. The van der Waals surface area contributed by atoms with Crippen LogP contribution in [0.3, 0.4) is 0 Å². The highest BCUT2D eigenvalue weighted by molar-refractivity contribution is 9.10. The smallest absolute Gasteiger partial charge is 0.261 e. The van der Waals surface area contributed by atoms with Crippen LogP contribution in [0, 0.1) is 10.1 Å². The van der Waals surface area contributed by atoms with Crippen molar-refractivity contribution in [2.45, 2.75) is 19.8 Å². The van der Waals surface area contributed by atoms with Crippen LogP contribution in [0.4, 0.5) is 5.69 Å². The SMILES string of the molecule is CCCc1nn(-c2cncc(Br)c2)c(Cl)c1[N+](=O)[O-]. The fourth-order valence-corrected chi connectivity index (χ4v) is 2.37. The van der Waals surface area contributed by atoms with Crippen molar-refractivity contribution in [3.63, 3.8) is 0 Å². The number of pyridine rings is 1. The predicted octanol–water partition coefficient (Wildman–Crippen LogP) is 3.54. The lowest BCUT2D eigenvalue weighted by molar-refractivity contribution is -0.385. The summed E-state index contributed by atoms with van der Waals surface area (Å²) in [5.74, 6) is 0. The highest BCUT2D eigenvalue weighted by atomic mass is 79.9. The first-order chi connectivity index (χ1) is 9.04. The number of hydrogen-bond acceptors (Lipinski definition) is 4. The monoisotopic (exact) mass is 344 g/mol. The van der Waals surface area contributed by atoms with E-state index < -0.39 is 4.92 Å². The minimum Gasteiger partial charge on any atom is -0.261 e. The molecule has 2 aromatic rings. The molecule has 0 amide bonds. The van der Waals surface area contributed by atoms with Crippen molar-refractivity contribution in [1.82, 2.24) is 14.8 Å². The molecular formula is C11H10BrClN4O2. The summed E-state index contributed by atoms with van der Waals surface area (Å²) >= 11 is 9.35. The Labute approximate surface area is 122 Å². The normalized spacial score (nSPS) is 10.7. The maximum Gasteiger partial charge on any atom is 0.329 e. The van der Waals surface area contributed by atoms with E-state index in [-0.39, 0.29) is 10.8 Å². The van der Waals surface area contributed by atoms with Gasteiger partial charge in [-0.15, -0.1) is 0 Å². The van der Waals surface area contributed by atoms with Gasteiger partial charge in [-0.2, -0.15) is 5.10 Å². The standard InChI is InChI=1S/C11H10BrClN4O2/c1-2-3-9-10(17(18)19)11(13)16(15-9)8-4-7(12)5-14-6-8/h4-6H,2-3H2,1H3. The van der Waals surface area contributed by atoms with Crippen molar-refractivity contribution in [2.75, 3.05) is 0 Å². The predicted molar refractivity (Wildman–Crippen MR) is 74.7 cm³/mol. The Hall–Kier alpha value is -1.47. The molecule has 0 atom stereocenters. The summed E-state index contributed by atoms with van der Waals surface area (Å²) in [5.41, 5.74) is 0.825. The lowest BCUT2D eigenvalue weighted by Crippen LogP contribution is -1.98. The van der Waals surface area contributed by atoms with Gasteiger partial charge in [0.05, 0.1) is 16.8 Å². The average molecular weight is 346 g/mol. The molecule has 0 N–H and O–H groups in total. The summed E-state index contributed by atoms with van der Waals surface area (Å²) in [7, 11) is 0. The van der Waals surface area contributed by atoms with Gasteiger partial charge in [0.2, 0.25) is 5.15 Å². The fourth-order valence-electron chi connectivity index (χ4n) is 1.70. The van der Waals surface area contributed by atoms with Crippen molar-refractivity contribution >= 4 is 33.2 Å². The topological polar surface area (TPSA) is 73.8 Å². The molecule has 0 saturated heterocycles. The third kappa shape index (κ3) is 2.76. The van der Waals surface area contributed by atoms with Crippen LogP contribution in [0.25, 0.3) is 5.69 Å². The largest absolute Gasteiger partial charge is 0.329 e. The van der Waals surface area contributed by atoms with Crippen molar-refractivity contribution < 1.29 is 4.92 Å². The van der Waals surface area contributed by atoms with Crippen LogP contribution in [-0.2, 0) is 6.42 Å². The van der Waals surface area contributed by atoms with Crippen LogP contribution in [0.2, 0.25) is 5.15 Å². The summed E-state index contributed by atoms with van der Waals surface area (Å²) in [4.78, 5) is 14.6. The highest BCUT2D eigenvalue weighted by Gasteiger charge is 2.26. The van der Waals surface area contributed by atoms with E-state index in [9.17, 15) is 10.1 Å². The summed E-state index contributed by atoms with van der Waals surface area (Å²) in [6.45, 7) is 1.93. The Balaban J connectivity index is 2.59. The minimum absolute atomic E-state index is 0.00616. The van der Waals surface area contributed by atoms with E-state index in [0.29, 0.717) is 17.8 Å². The number of aromatic nitrogens is 3. The quantitative estimate of drug-likeness (QED) is 0.627. The van der Waals surface area contributed by atoms with Gasteiger partial charge in [-0.1, -0.05) is 24.9 Å². The van der Waals surface area contributed by atoms with Crippen molar-refractivity contribution in [3.8, 4) is 5.69 Å². The number of aryl methyl sites for hydroxylation is 1. The number of hydrogen-bond donors (Lipinski definition) is 0. The third-order valence-corrected chi connectivity index (χ3v) is 3.25. The molecule has 6 nitrogen and oxygen atoms in total. The zero-order valence-electron chi connectivity index (χ0n) is 10.0. The maximum atomic E-state index is 11.1. The van der Waals surface area contributed by atoms with Gasteiger partial charge >= 0.3 is 5.69 Å². The van der Waals surface area contributed by atoms with E-state index >= 15 is 0 Å². The molecule has 0 spiro atoms. The molecule has 0 aromatic carbocycles. The third-order valence-electron chi connectivity index (χ3n) is 2.48. The average Bonchev–Trinajstić information content (AvgIpc) is 2.67. The Morgan fingerprint density at radius 3 is 2.84 bits per heavy atom.